The zero-order chi connectivity index (χ0) is 13.9. The molecule has 0 amide bonds. The van der Waals surface area contributed by atoms with E-state index < -0.39 is 0 Å². The number of rotatable bonds is 3. The minimum atomic E-state index is 0.247. The third-order valence-corrected chi connectivity index (χ3v) is 3.99. The Hall–Kier alpha value is -2.40. The van der Waals surface area contributed by atoms with Crippen LogP contribution in [0.4, 0.5) is 5.13 Å². The number of nitrogens with one attached hydrogen (secondary N) is 1. The molecular weight excluding hydrogens is 270 g/mol. The predicted octanol–water partition coefficient (Wildman–Crippen LogP) is 3.76. The number of hydrogen-bond donors (Lipinski definition) is 2. The summed E-state index contributed by atoms with van der Waals surface area (Å²) in [7, 11) is 0. The van der Waals surface area contributed by atoms with Crippen LogP contribution in [0.25, 0.3) is 10.2 Å². The third-order valence-electron chi connectivity index (χ3n) is 2.88. The number of fused-ring (bicyclic) bond motifs is 1. The lowest BCUT2D eigenvalue weighted by Crippen LogP contribution is -1.89. The van der Waals surface area contributed by atoms with E-state index in [-0.39, 0.29) is 5.75 Å². The van der Waals surface area contributed by atoms with Gasteiger partial charge >= 0.3 is 0 Å². The van der Waals surface area contributed by atoms with Crippen LogP contribution in [-0.4, -0.2) is 16.3 Å². The van der Waals surface area contributed by atoms with Gasteiger partial charge in [-0.25, -0.2) is 4.98 Å². The fraction of sp³-hybridized carbons (Fsp3) is 0.0667. The molecule has 0 aliphatic heterocycles. The van der Waals surface area contributed by atoms with Crippen LogP contribution in [0.1, 0.15) is 11.1 Å². The number of hydrogen-bond acceptors (Lipinski definition) is 5. The molecule has 0 aliphatic rings. The molecule has 0 saturated heterocycles. The van der Waals surface area contributed by atoms with Crippen LogP contribution in [0, 0.1) is 6.92 Å². The molecule has 1 aromatic heterocycles. The topological polar surface area (TPSA) is 57.5 Å². The van der Waals surface area contributed by atoms with E-state index >= 15 is 0 Å². The van der Waals surface area contributed by atoms with Crippen LogP contribution in [-0.2, 0) is 0 Å². The Kier molecular flexibility index (Phi) is 3.35. The molecule has 0 spiro atoms. The fourth-order valence-corrected chi connectivity index (χ4v) is 2.74. The fourth-order valence-electron chi connectivity index (χ4n) is 1.86. The summed E-state index contributed by atoms with van der Waals surface area (Å²) in [4.78, 5) is 4.47. The molecule has 100 valence electrons. The summed E-state index contributed by atoms with van der Waals surface area (Å²) in [5.41, 5.74) is 6.05. The van der Waals surface area contributed by atoms with E-state index in [4.69, 9.17) is 0 Å². The molecule has 3 aromatic rings. The van der Waals surface area contributed by atoms with Gasteiger partial charge in [-0.1, -0.05) is 23.5 Å². The van der Waals surface area contributed by atoms with Gasteiger partial charge in [0.1, 0.15) is 5.75 Å². The van der Waals surface area contributed by atoms with Crippen LogP contribution in [0.5, 0.6) is 5.75 Å². The first-order valence-electron chi connectivity index (χ1n) is 6.16. The first-order chi connectivity index (χ1) is 9.72. The number of anilines is 1. The summed E-state index contributed by atoms with van der Waals surface area (Å²) >= 11 is 1.59. The van der Waals surface area contributed by atoms with Crippen LogP contribution >= 0.6 is 11.3 Å². The minimum absolute atomic E-state index is 0.247. The monoisotopic (exact) mass is 283 g/mol. The molecule has 0 saturated carbocycles. The molecule has 3 rings (SSSR count). The van der Waals surface area contributed by atoms with Crippen LogP contribution in [0.15, 0.2) is 47.6 Å². The molecule has 20 heavy (non-hydrogen) atoms. The maximum atomic E-state index is 9.20. The molecule has 0 radical (unpaired) electrons. The quantitative estimate of drug-likeness (QED) is 0.568. The van der Waals surface area contributed by atoms with E-state index in [0.717, 1.165) is 16.2 Å². The molecule has 5 heteroatoms. The van der Waals surface area contributed by atoms with Gasteiger partial charge in [0.25, 0.3) is 0 Å². The normalized spacial score (nSPS) is 11.2. The number of aryl methyl sites for hydroxylation is 1. The lowest BCUT2D eigenvalue weighted by molar-refractivity contribution is 0.475. The largest absolute Gasteiger partial charge is 0.508 e. The summed E-state index contributed by atoms with van der Waals surface area (Å²) in [6.07, 6.45) is 1.69. The van der Waals surface area contributed by atoms with Gasteiger partial charge in [-0.3, -0.25) is 5.43 Å². The van der Waals surface area contributed by atoms with Crippen molar-refractivity contribution in [3.05, 3.63) is 53.6 Å². The Morgan fingerprint density at radius 3 is 2.75 bits per heavy atom. The van der Waals surface area contributed by atoms with Crippen LogP contribution in [0.2, 0.25) is 0 Å². The maximum Gasteiger partial charge on any atom is 0.204 e. The van der Waals surface area contributed by atoms with E-state index in [0.29, 0.717) is 0 Å². The molecule has 2 N–H and O–H groups in total. The highest BCUT2D eigenvalue weighted by Gasteiger charge is 2.04. The summed E-state index contributed by atoms with van der Waals surface area (Å²) < 4.78 is 1.18. The standard InChI is InChI=1S/C15H13N3OS/c1-10-3-2-4-13-14(10)20-15(17-13)18-16-9-11-5-7-12(19)8-6-11/h2-9,19H,1H3,(H,17,18)/b16-9-. The smallest absolute Gasteiger partial charge is 0.204 e. The van der Waals surface area contributed by atoms with E-state index in [2.05, 4.69) is 28.5 Å². The van der Waals surface area contributed by atoms with Gasteiger partial charge < -0.3 is 5.11 Å². The molecular formula is C15H13N3OS. The van der Waals surface area contributed by atoms with Gasteiger partial charge in [0.15, 0.2) is 0 Å². The van der Waals surface area contributed by atoms with Crippen molar-refractivity contribution < 1.29 is 5.11 Å². The van der Waals surface area contributed by atoms with Gasteiger partial charge in [0.2, 0.25) is 5.13 Å². The molecule has 0 unspecified atom stereocenters. The highest BCUT2D eigenvalue weighted by Crippen LogP contribution is 2.28. The number of phenolic OH excluding ortho intramolecular Hbond substituents is 1. The van der Waals surface area contributed by atoms with Gasteiger partial charge in [-0.2, -0.15) is 5.10 Å². The number of thiazole rings is 1. The van der Waals surface area contributed by atoms with Crippen molar-refractivity contribution in [2.45, 2.75) is 6.92 Å². The highest BCUT2D eigenvalue weighted by molar-refractivity contribution is 7.22. The Bertz CT molecular complexity index is 762. The highest BCUT2D eigenvalue weighted by atomic mass is 32.1. The maximum absolute atomic E-state index is 9.20. The van der Waals surface area contributed by atoms with Crippen LogP contribution in [0.3, 0.4) is 0 Å². The molecule has 1 heterocycles. The van der Waals surface area contributed by atoms with Gasteiger partial charge in [0.05, 0.1) is 16.4 Å². The second-order valence-electron chi connectivity index (χ2n) is 4.40. The molecule has 0 aliphatic carbocycles. The first kappa shape index (κ1) is 12.6. The second kappa shape index (κ2) is 5.30. The average Bonchev–Trinajstić information content (AvgIpc) is 2.85. The van der Waals surface area contributed by atoms with Crippen molar-refractivity contribution in [1.29, 1.82) is 0 Å². The lowest BCUT2D eigenvalue weighted by Gasteiger charge is -1.94. The number of nitrogens with zero attached hydrogens (tertiary/aromatic N) is 2. The number of aromatic nitrogens is 1. The first-order valence-corrected chi connectivity index (χ1v) is 6.98. The van der Waals surface area contributed by atoms with E-state index in [1.165, 1.54) is 10.3 Å². The summed E-state index contributed by atoms with van der Waals surface area (Å²) in [5.74, 6) is 0.247. The second-order valence-corrected chi connectivity index (χ2v) is 5.40. The number of benzene rings is 2. The van der Waals surface area contributed by atoms with E-state index in [9.17, 15) is 5.11 Å². The lowest BCUT2D eigenvalue weighted by atomic mass is 10.2. The SMILES string of the molecule is Cc1cccc2nc(N/N=C\c3ccc(O)cc3)sc12. The molecule has 4 nitrogen and oxygen atoms in total. The van der Waals surface area contributed by atoms with Crippen molar-refractivity contribution >= 4 is 32.9 Å². The van der Waals surface area contributed by atoms with Crippen molar-refractivity contribution in [3.63, 3.8) is 0 Å². The molecule has 0 atom stereocenters. The van der Waals surface area contributed by atoms with E-state index in [1.54, 1.807) is 41.8 Å². The summed E-state index contributed by atoms with van der Waals surface area (Å²) in [6, 6.07) is 12.9. The number of aromatic hydroxyl groups is 1. The van der Waals surface area contributed by atoms with Crippen LogP contribution < -0.4 is 5.43 Å². The van der Waals surface area contributed by atoms with Gasteiger partial charge in [0, 0.05) is 0 Å². The van der Waals surface area contributed by atoms with Gasteiger partial charge in [-0.05, 0) is 48.4 Å². The number of phenols is 1. The Morgan fingerprint density at radius 2 is 2.00 bits per heavy atom. The van der Waals surface area contributed by atoms with Gasteiger partial charge in [-0.15, -0.1) is 0 Å². The predicted molar refractivity (Wildman–Crippen MR) is 83.7 cm³/mol. The molecule has 0 bridgehead atoms. The summed E-state index contributed by atoms with van der Waals surface area (Å²) in [6.45, 7) is 2.07. The Balaban J connectivity index is 1.76. The third kappa shape index (κ3) is 2.62. The molecule has 2 aromatic carbocycles. The Morgan fingerprint density at radius 1 is 1.20 bits per heavy atom. The van der Waals surface area contributed by atoms with E-state index in [1.807, 2.05) is 12.1 Å². The van der Waals surface area contributed by atoms with Crippen molar-refractivity contribution in [2.75, 3.05) is 5.43 Å². The average molecular weight is 283 g/mol. The van der Waals surface area contributed by atoms with Crippen molar-refractivity contribution in [2.24, 2.45) is 5.10 Å². The minimum Gasteiger partial charge on any atom is -0.508 e. The van der Waals surface area contributed by atoms with Crippen molar-refractivity contribution in [1.82, 2.24) is 4.98 Å². The zero-order valence-electron chi connectivity index (χ0n) is 10.9. The number of hydrazone groups is 1. The zero-order valence-corrected chi connectivity index (χ0v) is 11.7. The van der Waals surface area contributed by atoms with Crippen molar-refractivity contribution in [3.8, 4) is 5.75 Å². The molecule has 0 fully saturated rings. The summed E-state index contributed by atoms with van der Waals surface area (Å²) in [5, 5.41) is 14.1. The Labute approximate surface area is 120 Å².